The number of aromatic nitrogens is 1. The summed E-state index contributed by atoms with van der Waals surface area (Å²) < 4.78 is 6.04. The lowest BCUT2D eigenvalue weighted by atomic mass is 9.88. The first-order chi connectivity index (χ1) is 16.6. The SMILES string of the molecule is Cc1cc2nc(C#Cc3ccccc3)ccc2c(-c2ccc(Cl)cc2)c1[C@H](OC(C)(C)C)C(=O)O. The summed E-state index contributed by atoms with van der Waals surface area (Å²) in [5.41, 5.74) is 4.61. The molecule has 0 aliphatic heterocycles. The second-order valence-electron chi connectivity index (χ2n) is 9.32. The van der Waals surface area contributed by atoms with Crippen molar-refractivity contribution in [2.45, 2.75) is 39.4 Å². The van der Waals surface area contributed by atoms with E-state index in [-0.39, 0.29) is 0 Å². The summed E-state index contributed by atoms with van der Waals surface area (Å²) in [6, 6.07) is 22.8. The predicted molar refractivity (Wildman–Crippen MR) is 141 cm³/mol. The Morgan fingerprint density at radius 2 is 1.69 bits per heavy atom. The summed E-state index contributed by atoms with van der Waals surface area (Å²) in [5, 5.41) is 11.6. The molecule has 0 amide bonds. The van der Waals surface area contributed by atoms with E-state index in [0.29, 0.717) is 16.3 Å². The van der Waals surface area contributed by atoms with Gasteiger partial charge in [-0.05, 0) is 92.8 Å². The third kappa shape index (κ3) is 5.71. The highest BCUT2D eigenvalue weighted by Crippen LogP contribution is 2.40. The van der Waals surface area contributed by atoms with Crippen LogP contribution in [0.3, 0.4) is 0 Å². The number of ether oxygens (including phenoxy) is 1. The van der Waals surface area contributed by atoms with Crippen molar-refractivity contribution in [1.82, 2.24) is 4.98 Å². The molecule has 0 saturated heterocycles. The molecule has 0 aliphatic carbocycles. The van der Waals surface area contributed by atoms with Crippen molar-refractivity contribution >= 4 is 28.5 Å². The highest BCUT2D eigenvalue weighted by atomic mass is 35.5. The molecule has 0 bridgehead atoms. The first-order valence-corrected chi connectivity index (χ1v) is 11.7. The fourth-order valence-electron chi connectivity index (χ4n) is 4.00. The number of halogens is 1. The lowest BCUT2D eigenvalue weighted by molar-refractivity contribution is -0.160. The Bertz CT molecular complexity index is 1440. The van der Waals surface area contributed by atoms with E-state index in [0.717, 1.165) is 33.2 Å². The number of carboxylic acid groups (broad SMARTS) is 1. The monoisotopic (exact) mass is 483 g/mol. The molecule has 0 fully saturated rings. The summed E-state index contributed by atoms with van der Waals surface area (Å²) in [5.74, 6) is 5.22. The number of carboxylic acids is 1. The minimum Gasteiger partial charge on any atom is -0.479 e. The molecule has 0 unspecified atom stereocenters. The Balaban J connectivity index is 1.95. The van der Waals surface area contributed by atoms with Crippen molar-refractivity contribution in [1.29, 1.82) is 0 Å². The van der Waals surface area contributed by atoms with Gasteiger partial charge in [0.05, 0.1) is 11.1 Å². The molecule has 35 heavy (non-hydrogen) atoms. The van der Waals surface area contributed by atoms with Gasteiger partial charge in [-0.2, -0.15) is 0 Å². The van der Waals surface area contributed by atoms with Gasteiger partial charge in [0.15, 0.2) is 6.10 Å². The van der Waals surface area contributed by atoms with Crippen LogP contribution in [0, 0.1) is 18.8 Å². The van der Waals surface area contributed by atoms with Gasteiger partial charge in [0.2, 0.25) is 0 Å². The number of hydrogen-bond donors (Lipinski definition) is 1. The Morgan fingerprint density at radius 1 is 1.00 bits per heavy atom. The van der Waals surface area contributed by atoms with E-state index >= 15 is 0 Å². The lowest BCUT2D eigenvalue weighted by Gasteiger charge is -2.28. The number of fused-ring (bicyclic) bond motifs is 1. The molecule has 1 heterocycles. The van der Waals surface area contributed by atoms with E-state index in [9.17, 15) is 9.90 Å². The largest absolute Gasteiger partial charge is 0.479 e. The Hall–Kier alpha value is -3.65. The molecular weight excluding hydrogens is 458 g/mol. The van der Waals surface area contributed by atoms with Crippen LogP contribution in [0.2, 0.25) is 5.02 Å². The number of aliphatic carboxylic acids is 1. The van der Waals surface area contributed by atoms with Crippen LogP contribution in [0.1, 0.15) is 49.3 Å². The fraction of sp³-hybridized carbons (Fsp3) is 0.200. The molecule has 4 nitrogen and oxygen atoms in total. The second-order valence-corrected chi connectivity index (χ2v) is 9.75. The van der Waals surface area contributed by atoms with E-state index in [1.165, 1.54) is 0 Å². The summed E-state index contributed by atoms with van der Waals surface area (Å²) >= 11 is 6.15. The molecule has 1 atom stereocenters. The van der Waals surface area contributed by atoms with Gasteiger partial charge in [-0.1, -0.05) is 47.9 Å². The van der Waals surface area contributed by atoms with Crippen molar-refractivity contribution in [2.24, 2.45) is 0 Å². The van der Waals surface area contributed by atoms with Crippen molar-refractivity contribution in [3.05, 3.63) is 100 Å². The number of aryl methyl sites for hydroxylation is 1. The summed E-state index contributed by atoms with van der Waals surface area (Å²) in [7, 11) is 0. The molecule has 0 saturated carbocycles. The third-order valence-electron chi connectivity index (χ3n) is 5.44. The minimum atomic E-state index is -1.15. The standard InChI is InChI=1S/C30H26ClNO3/c1-19-18-25-24(17-16-23(32-25)15-10-20-8-6-5-7-9-20)27(21-11-13-22(31)14-12-21)26(19)28(29(33)34)35-30(2,3)4/h5-9,11-14,16-18,28H,1-4H3,(H,33,34)/t28-/m0/s1. The van der Waals surface area contributed by atoms with Gasteiger partial charge in [-0.25, -0.2) is 9.78 Å². The van der Waals surface area contributed by atoms with Gasteiger partial charge >= 0.3 is 5.97 Å². The fourth-order valence-corrected chi connectivity index (χ4v) is 4.13. The maximum absolute atomic E-state index is 12.4. The van der Waals surface area contributed by atoms with Crippen LogP contribution >= 0.6 is 11.6 Å². The van der Waals surface area contributed by atoms with Crippen LogP contribution in [0.4, 0.5) is 0 Å². The zero-order chi connectivity index (χ0) is 25.2. The second kappa shape index (κ2) is 9.92. The number of hydrogen-bond acceptors (Lipinski definition) is 3. The van der Waals surface area contributed by atoms with Gasteiger partial charge in [0.1, 0.15) is 5.69 Å². The van der Waals surface area contributed by atoms with Crippen LogP contribution in [-0.4, -0.2) is 21.7 Å². The summed E-state index contributed by atoms with van der Waals surface area (Å²) in [4.78, 5) is 17.2. The molecule has 0 spiro atoms. The molecule has 176 valence electrons. The highest BCUT2D eigenvalue weighted by molar-refractivity contribution is 6.30. The zero-order valence-corrected chi connectivity index (χ0v) is 20.9. The zero-order valence-electron chi connectivity index (χ0n) is 20.1. The predicted octanol–water partition coefficient (Wildman–Crippen LogP) is 7.20. The van der Waals surface area contributed by atoms with E-state index in [4.69, 9.17) is 21.3 Å². The molecule has 0 radical (unpaired) electrons. The van der Waals surface area contributed by atoms with Crippen LogP contribution in [0.25, 0.3) is 22.0 Å². The first kappa shape index (κ1) is 24.5. The molecule has 1 N–H and O–H groups in total. The van der Waals surface area contributed by atoms with Gasteiger partial charge in [-0.3, -0.25) is 0 Å². The molecule has 4 rings (SSSR count). The van der Waals surface area contributed by atoms with Crippen LogP contribution in [-0.2, 0) is 9.53 Å². The number of carbonyl (C=O) groups is 1. The van der Waals surface area contributed by atoms with E-state index in [2.05, 4.69) is 11.8 Å². The molecule has 4 aromatic rings. The summed E-state index contributed by atoms with van der Waals surface area (Å²) in [6.07, 6.45) is -1.15. The van der Waals surface area contributed by atoms with E-state index in [1.807, 2.05) is 88.4 Å². The molecular formula is C30H26ClNO3. The van der Waals surface area contributed by atoms with Crippen molar-refractivity contribution < 1.29 is 14.6 Å². The first-order valence-electron chi connectivity index (χ1n) is 11.3. The number of benzene rings is 3. The summed E-state index contributed by atoms with van der Waals surface area (Å²) in [6.45, 7) is 7.43. The minimum absolute atomic E-state index is 0.601. The topological polar surface area (TPSA) is 59.4 Å². The molecule has 3 aromatic carbocycles. The van der Waals surface area contributed by atoms with Crippen molar-refractivity contribution in [2.75, 3.05) is 0 Å². The van der Waals surface area contributed by atoms with Gasteiger partial charge in [0, 0.05) is 21.5 Å². The van der Waals surface area contributed by atoms with Gasteiger partial charge < -0.3 is 9.84 Å². The average molecular weight is 484 g/mol. The van der Waals surface area contributed by atoms with Gasteiger partial charge in [0.25, 0.3) is 0 Å². The number of pyridine rings is 1. The van der Waals surface area contributed by atoms with Crippen molar-refractivity contribution in [3.8, 4) is 23.0 Å². The van der Waals surface area contributed by atoms with Gasteiger partial charge in [-0.15, -0.1) is 0 Å². The normalized spacial score (nSPS) is 12.1. The smallest absolute Gasteiger partial charge is 0.337 e. The average Bonchev–Trinajstić information content (AvgIpc) is 2.81. The maximum Gasteiger partial charge on any atom is 0.337 e. The maximum atomic E-state index is 12.4. The number of nitrogens with zero attached hydrogens (tertiary/aromatic N) is 1. The van der Waals surface area contributed by atoms with Crippen LogP contribution in [0.5, 0.6) is 0 Å². The van der Waals surface area contributed by atoms with Crippen LogP contribution in [0.15, 0.2) is 72.8 Å². The highest BCUT2D eigenvalue weighted by Gasteiger charge is 2.31. The molecule has 1 aromatic heterocycles. The van der Waals surface area contributed by atoms with Crippen LogP contribution < -0.4 is 0 Å². The van der Waals surface area contributed by atoms with E-state index in [1.54, 1.807) is 12.1 Å². The molecule has 5 heteroatoms. The quantitative estimate of drug-likeness (QED) is 0.312. The lowest BCUT2D eigenvalue weighted by Crippen LogP contribution is -2.28. The van der Waals surface area contributed by atoms with E-state index < -0.39 is 17.7 Å². The number of rotatable bonds is 4. The Labute approximate surface area is 210 Å². The Morgan fingerprint density at radius 3 is 2.31 bits per heavy atom. The van der Waals surface area contributed by atoms with Crippen molar-refractivity contribution in [3.63, 3.8) is 0 Å². The molecule has 0 aliphatic rings. The third-order valence-corrected chi connectivity index (χ3v) is 5.69. The Kier molecular flexibility index (Phi) is 6.93.